The minimum absolute atomic E-state index is 0.00620. The van der Waals surface area contributed by atoms with E-state index in [2.05, 4.69) is 0 Å². The van der Waals surface area contributed by atoms with Crippen molar-refractivity contribution in [1.82, 2.24) is 9.80 Å². The van der Waals surface area contributed by atoms with E-state index in [-0.39, 0.29) is 19.6 Å². The lowest BCUT2D eigenvalue weighted by molar-refractivity contribution is -0.149. The predicted octanol–water partition coefficient (Wildman–Crippen LogP) is 0.834. The van der Waals surface area contributed by atoms with Crippen LogP contribution >= 0.6 is 0 Å². The summed E-state index contributed by atoms with van der Waals surface area (Å²) in [6.07, 6.45) is -0.341. The summed E-state index contributed by atoms with van der Waals surface area (Å²) in [5.74, 6) is -1.59. The number of carbonyl (C=O) groups excluding carboxylic acids is 2. The molecule has 2 fully saturated rings. The van der Waals surface area contributed by atoms with Crippen LogP contribution in [0, 0.1) is 0 Å². The fourth-order valence-electron chi connectivity index (χ4n) is 3.53. The number of carboxylic acids is 1. The highest BCUT2D eigenvalue weighted by Crippen LogP contribution is 2.26. The second kappa shape index (κ2) is 7.74. The molecule has 3 rings (SSSR count). The van der Waals surface area contributed by atoms with Gasteiger partial charge in [-0.3, -0.25) is 9.69 Å². The van der Waals surface area contributed by atoms with Gasteiger partial charge in [-0.05, 0) is 18.4 Å². The average Bonchev–Trinajstić information content (AvgIpc) is 3.27. The molecule has 2 heterocycles. The number of rotatable bonds is 4. The molecular weight excluding hydrogens is 340 g/mol. The van der Waals surface area contributed by atoms with Gasteiger partial charge in [0.25, 0.3) is 0 Å². The lowest BCUT2D eigenvalue weighted by Crippen LogP contribution is -2.51. The molecule has 0 aliphatic carbocycles. The molecule has 2 N–H and O–H groups in total. The molecule has 3 unspecified atom stereocenters. The highest BCUT2D eigenvalue weighted by Gasteiger charge is 2.45. The second-order valence-corrected chi connectivity index (χ2v) is 6.63. The van der Waals surface area contributed by atoms with Gasteiger partial charge in [-0.1, -0.05) is 30.3 Å². The summed E-state index contributed by atoms with van der Waals surface area (Å²) in [6.45, 7) is 0.467. The van der Waals surface area contributed by atoms with E-state index in [9.17, 15) is 24.6 Å². The number of nitrogens with zero attached hydrogens (tertiary/aromatic N) is 2. The van der Waals surface area contributed by atoms with Crippen LogP contribution in [-0.2, 0) is 20.9 Å². The molecule has 2 amide bonds. The molecule has 26 heavy (non-hydrogen) atoms. The highest BCUT2D eigenvalue weighted by molar-refractivity contribution is 5.90. The zero-order valence-corrected chi connectivity index (χ0v) is 14.3. The lowest BCUT2D eigenvalue weighted by atomic mass is 10.1. The molecule has 1 aromatic rings. The van der Waals surface area contributed by atoms with Gasteiger partial charge in [-0.25, -0.2) is 9.59 Å². The number of β-amino-alcohol motifs (C(OH)–C–C–N with tert-alkyl or cyclic N) is 1. The molecule has 1 aromatic carbocycles. The average molecular weight is 362 g/mol. The van der Waals surface area contributed by atoms with Crippen molar-refractivity contribution in [2.45, 2.75) is 44.1 Å². The van der Waals surface area contributed by atoms with Gasteiger partial charge in [0, 0.05) is 19.5 Å². The molecule has 0 radical (unpaired) electrons. The van der Waals surface area contributed by atoms with Crippen molar-refractivity contribution in [2.75, 3.05) is 13.1 Å². The molecular formula is C18H22N2O6. The van der Waals surface area contributed by atoms with Gasteiger partial charge in [-0.2, -0.15) is 0 Å². The number of aliphatic carboxylic acids is 1. The Balaban J connectivity index is 1.64. The number of likely N-dealkylation sites (tertiary alicyclic amines) is 2. The van der Waals surface area contributed by atoms with Gasteiger partial charge in [0.2, 0.25) is 5.91 Å². The lowest BCUT2D eigenvalue weighted by Gasteiger charge is -2.29. The zero-order valence-electron chi connectivity index (χ0n) is 14.3. The van der Waals surface area contributed by atoms with E-state index in [1.165, 1.54) is 9.80 Å². The maximum Gasteiger partial charge on any atom is 0.410 e. The van der Waals surface area contributed by atoms with Gasteiger partial charge >= 0.3 is 12.1 Å². The van der Waals surface area contributed by atoms with Gasteiger partial charge in [-0.15, -0.1) is 0 Å². The summed E-state index contributed by atoms with van der Waals surface area (Å²) >= 11 is 0. The molecule has 140 valence electrons. The van der Waals surface area contributed by atoms with Crippen molar-refractivity contribution in [2.24, 2.45) is 0 Å². The van der Waals surface area contributed by atoms with Crippen LogP contribution in [0.5, 0.6) is 0 Å². The largest absolute Gasteiger partial charge is 0.480 e. The number of benzene rings is 1. The standard InChI is InChI=1S/C18H22N2O6/c21-13-9-15(17(23)24)20(10-13)16(22)14-7-4-8-19(14)18(25)26-11-12-5-2-1-3-6-12/h1-3,5-6,13-15,21H,4,7-11H2,(H,23,24). The van der Waals surface area contributed by atoms with E-state index in [1.54, 1.807) is 0 Å². The second-order valence-electron chi connectivity index (χ2n) is 6.63. The van der Waals surface area contributed by atoms with Gasteiger partial charge < -0.3 is 19.8 Å². The highest BCUT2D eigenvalue weighted by atomic mass is 16.6. The molecule has 0 bridgehead atoms. The summed E-state index contributed by atoms with van der Waals surface area (Å²) in [5, 5.41) is 19.0. The zero-order chi connectivity index (χ0) is 18.7. The first-order valence-electron chi connectivity index (χ1n) is 8.66. The maximum atomic E-state index is 12.8. The van der Waals surface area contributed by atoms with Crippen molar-refractivity contribution in [1.29, 1.82) is 0 Å². The molecule has 2 aliphatic heterocycles. The summed E-state index contributed by atoms with van der Waals surface area (Å²) < 4.78 is 5.30. The summed E-state index contributed by atoms with van der Waals surface area (Å²) in [4.78, 5) is 39.1. The maximum absolute atomic E-state index is 12.8. The third-order valence-corrected chi connectivity index (χ3v) is 4.82. The smallest absolute Gasteiger partial charge is 0.410 e. The van der Waals surface area contributed by atoms with E-state index in [1.807, 2.05) is 30.3 Å². The number of carboxylic acid groups (broad SMARTS) is 1. The Morgan fingerprint density at radius 1 is 1.12 bits per heavy atom. The topological polar surface area (TPSA) is 107 Å². The van der Waals surface area contributed by atoms with Gasteiger partial charge in [0.1, 0.15) is 18.7 Å². The van der Waals surface area contributed by atoms with Crippen LogP contribution in [0.15, 0.2) is 30.3 Å². The molecule has 0 spiro atoms. The number of carbonyl (C=O) groups is 3. The van der Waals surface area contributed by atoms with Crippen LogP contribution in [0.2, 0.25) is 0 Å². The van der Waals surface area contributed by atoms with Crippen LogP contribution in [0.1, 0.15) is 24.8 Å². The first kappa shape index (κ1) is 18.2. The first-order valence-corrected chi connectivity index (χ1v) is 8.66. The summed E-state index contributed by atoms with van der Waals surface area (Å²) in [5.41, 5.74) is 0.844. The van der Waals surface area contributed by atoms with E-state index in [0.717, 1.165) is 5.56 Å². The summed E-state index contributed by atoms with van der Waals surface area (Å²) in [6, 6.07) is 7.42. The van der Waals surface area contributed by atoms with Crippen molar-refractivity contribution in [3.05, 3.63) is 35.9 Å². The number of hydrogen-bond acceptors (Lipinski definition) is 5. The van der Waals surface area contributed by atoms with Crippen molar-refractivity contribution in [3.63, 3.8) is 0 Å². The van der Waals surface area contributed by atoms with E-state index in [0.29, 0.717) is 19.4 Å². The number of aliphatic hydroxyl groups is 1. The summed E-state index contributed by atoms with van der Waals surface area (Å²) in [7, 11) is 0. The Morgan fingerprint density at radius 3 is 2.54 bits per heavy atom. The van der Waals surface area contributed by atoms with Gasteiger partial charge in [0.15, 0.2) is 0 Å². The predicted molar refractivity (Wildman–Crippen MR) is 90.1 cm³/mol. The SMILES string of the molecule is O=C(O)C1CC(O)CN1C(=O)C1CCCN1C(=O)OCc1ccccc1. The van der Waals surface area contributed by atoms with E-state index < -0.39 is 36.2 Å². The quantitative estimate of drug-likeness (QED) is 0.822. The Bertz CT molecular complexity index is 680. The van der Waals surface area contributed by atoms with Gasteiger partial charge in [0.05, 0.1) is 6.10 Å². The van der Waals surface area contributed by atoms with Crippen LogP contribution in [0.3, 0.4) is 0 Å². The molecule has 8 heteroatoms. The Kier molecular flexibility index (Phi) is 5.41. The van der Waals surface area contributed by atoms with Crippen molar-refractivity contribution < 1.29 is 29.3 Å². The molecule has 0 aromatic heterocycles. The van der Waals surface area contributed by atoms with Crippen LogP contribution in [0.25, 0.3) is 0 Å². The molecule has 0 saturated carbocycles. The van der Waals surface area contributed by atoms with E-state index in [4.69, 9.17) is 4.74 Å². The monoisotopic (exact) mass is 362 g/mol. The van der Waals surface area contributed by atoms with Crippen molar-refractivity contribution in [3.8, 4) is 0 Å². The third-order valence-electron chi connectivity index (χ3n) is 4.82. The Hall–Kier alpha value is -2.61. The number of amides is 2. The minimum Gasteiger partial charge on any atom is -0.480 e. The molecule has 2 saturated heterocycles. The number of ether oxygens (including phenoxy) is 1. The van der Waals surface area contributed by atoms with Crippen LogP contribution in [-0.4, -0.2) is 69.3 Å². The molecule has 8 nitrogen and oxygen atoms in total. The Labute approximate surface area is 151 Å². The van der Waals surface area contributed by atoms with Crippen LogP contribution < -0.4 is 0 Å². The van der Waals surface area contributed by atoms with Crippen LogP contribution in [0.4, 0.5) is 4.79 Å². The molecule has 3 atom stereocenters. The number of hydrogen-bond donors (Lipinski definition) is 2. The first-order chi connectivity index (χ1) is 12.5. The fourth-order valence-corrected chi connectivity index (χ4v) is 3.53. The minimum atomic E-state index is -1.15. The Morgan fingerprint density at radius 2 is 1.85 bits per heavy atom. The molecule has 2 aliphatic rings. The number of aliphatic hydroxyl groups excluding tert-OH is 1. The fraction of sp³-hybridized carbons (Fsp3) is 0.500. The normalized spacial score (nSPS) is 25.3. The van der Waals surface area contributed by atoms with Crippen molar-refractivity contribution >= 4 is 18.0 Å². The van der Waals surface area contributed by atoms with E-state index >= 15 is 0 Å². The third kappa shape index (κ3) is 3.80.